The minimum Gasteiger partial charge on any atom is -0.378 e. The number of ether oxygens (including phenoxy) is 1. The highest BCUT2D eigenvalue weighted by Crippen LogP contribution is 2.26. The number of hydrogen-bond donors (Lipinski definition) is 0. The number of pyridine rings is 1. The molecule has 0 radical (unpaired) electrons. The van der Waals surface area contributed by atoms with Gasteiger partial charge in [0.05, 0.1) is 30.4 Å². The molecular formula is C24H19N3O2. The lowest BCUT2D eigenvalue weighted by Gasteiger charge is -2.28. The predicted octanol–water partition coefficient (Wildman–Crippen LogP) is 4.03. The molecule has 0 saturated carbocycles. The monoisotopic (exact) mass is 381 g/mol. The van der Waals surface area contributed by atoms with Gasteiger partial charge in [-0.3, -0.25) is 4.79 Å². The van der Waals surface area contributed by atoms with Crippen molar-refractivity contribution >= 4 is 27.9 Å². The molecule has 0 unspecified atom stereocenters. The number of anilines is 1. The van der Waals surface area contributed by atoms with E-state index in [1.807, 2.05) is 65.2 Å². The van der Waals surface area contributed by atoms with Crippen LogP contribution >= 0.6 is 0 Å². The molecule has 2 aromatic carbocycles. The first kappa shape index (κ1) is 17.5. The van der Waals surface area contributed by atoms with Crippen LogP contribution in [0.25, 0.3) is 16.4 Å². The summed E-state index contributed by atoms with van der Waals surface area (Å²) in [4.78, 5) is 15.7. The first-order valence-corrected chi connectivity index (χ1v) is 9.66. The molecule has 0 N–H and O–H groups in total. The van der Waals surface area contributed by atoms with Gasteiger partial charge in [-0.2, -0.15) is 5.26 Å². The molecule has 0 amide bonds. The number of ketones is 1. The Balaban J connectivity index is 1.60. The number of nitriles is 1. The molecule has 5 nitrogen and oxygen atoms in total. The van der Waals surface area contributed by atoms with Gasteiger partial charge in [0, 0.05) is 47.0 Å². The number of aromatic nitrogens is 1. The Labute approximate surface area is 168 Å². The fourth-order valence-corrected chi connectivity index (χ4v) is 4.00. The summed E-state index contributed by atoms with van der Waals surface area (Å²) >= 11 is 0. The molecule has 5 rings (SSSR count). The lowest BCUT2D eigenvalue weighted by molar-refractivity contribution is 0.104. The Morgan fingerprint density at radius 1 is 1.00 bits per heavy atom. The van der Waals surface area contributed by atoms with E-state index in [2.05, 4.69) is 11.0 Å². The van der Waals surface area contributed by atoms with Crippen LogP contribution in [0, 0.1) is 11.3 Å². The van der Waals surface area contributed by atoms with Crippen LogP contribution in [-0.4, -0.2) is 36.5 Å². The van der Waals surface area contributed by atoms with Gasteiger partial charge in [0.2, 0.25) is 0 Å². The molecule has 0 spiro atoms. The Bertz CT molecular complexity index is 1260. The standard InChI is InChI=1S/C24H19N3O2/c25-16-17-14-19-5-8-21-2-1-9-27(21)23(19)22(15-17)24(28)18-3-6-20(7-4-18)26-10-12-29-13-11-26/h1-9,14-15H,10-13H2. The van der Waals surface area contributed by atoms with Crippen molar-refractivity contribution in [2.24, 2.45) is 0 Å². The Hall–Kier alpha value is -3.62. The summed E-state index contributed by atoms with van der Waals surface area (Å²) in [5.41, 5.74) is 4.57. The maximum absolute atomic E-state index is 13.4. The second kappa shape index (κ2) is 7.08. The molecule has 29 heavy (non-hydrogen) atoms. The summed E-state index contributed by atoms with van der Waals surface area (Å²) in [5.74, 6) is -0.0816. The van der Waals surface area contributed by atoms with Gasteiger partial charge < -0.3 is 14.0 Å². The Morgan fingerprint density at radius 2 is 1.79 bits per heavy atom. The van der Waals surface area contributed by atoms with Crippen LogP contribution in [0.5, 0.6) is 0 Å². The summed E-state index contributed by atoms with van der Waals surface area (Å²) in [5, 5.41) is 10.3. The molecule has 0 aliphatic carbocycles. The SMILES string of the molecule is N#Cc1cc(C(=O)c2ccc(N3CCOCC3)cc2)c2c(ccc3cccn32)c1. The van der Waals surface area contributed by atoms with Crippen LogP contribution in [0.4, 0.5) is 5.69 Å². The fraction of sp³-hybridized carbons (Fsp3) is 0.167. The average molecular weight is 381 g/mol. The zero-order chi connectivity index (χ0) is 19.8. The molecule has 142 valence electrons. The number of hydrogen-bond acceptors (Lipinski definition) is 4. The summed E-state index contributed by atoms with van der Waals surface area (Å²) in [7, 11) is 0. The van der Waals surface area contributed by atoms with Gasteiger partial charge in [-0.1, -0.05) is 6.07 Å². The topological polar surface area (TPSA) is 57.7 Å². The van der Waals surface area contributed by atoms with E-state index in [1.54, 1.807) is 6.07 Å². The largest absolute Gasteiger partial charge is 0.378 e. The summed E-state index contributed by atoms with van der Waals surface area (Å²) in [6.45, 7) is 3.16. The summed E-state index contributed by atoms with van der Waals surface area (Å²) in [6, 6.07) is 21.3. The number of rotatable bonds is 3. The molecule has 1 fully saturated rings. The van der Waals surface area contributed by atoms with Crippen LogP contribution in [0.1, 0.15) is 21.5 Å². The van der Waals surface area contributed by atoms with Crippen LogP contribution in [0.15, 0.2) is 66.9 Å². The molecule has 0 bridgehead atoms. The smallest absolute Gasteiger partial charge is 0.195 e. The van der Waals surface area contributed by atoms with E-state index in [9.17, 15) is 10.1 Å². The third-order valence-electron chi connectivity index (χ3n) is 5.47. The lowest BCUT2D eigenvalue weighted by Crippen LogP contribution is -2.36. The van der Waals surface area contributed by atoms with E-state index in [4.69, 9.17) is 4.74 Å². The molecule has 1 aliphatic rings. The number of nitrogens with zero attached hydrogens (tertiary/aromatic N) is 3. The van der Waals surface area contributed by atoms with Crippen molar-refractivity contribution in [3.8, 4) is 6.07 Å². The maximum atomic E-state index is 13.4. The van der Waals surface area contributed by atoms with Gasteiger partial charge in [-0.05, 0) is 54.6 Å². The van der Waals surface area contributed by atoms with E-state index < -0.39 is 0 Å². The van der Waals surface area contributed by atoms with Crippen molar-refractivity contribution < 1.29 is 9.53 Å². The second-order valence-electron chi connectivity index (χ2n) is 7.19. The van der Waals surface area contributed by atoms with E-state index in [0.717, 1.165) is 48.4 Å². The third kappa shape index (κ3) is 3.04. The molecule has 1 saturated heterocycles. The van der Waals surface area contributed by atoms with Crippen molar-refractivity contribution in [1.29, 1.82) is 5.26 Å². The number of fused-ring (bicyclic) bond motifs is 3. The van der Waals surface area contributed by atoms with Gasteiger partial charge in [0.15, 0.2) is 5.78 Å². The van der Waals surface area contributed by atoms with Crippen molar-refractivity contribution in [2.75, 3.05) is 31.2 Å². The predicted molar refractivity (Wildman–Crippen MR) is 113 cm³/mol. The molecule has 5 heteroatoms. The molecule has 2 aromatic heterocycles. The van der Waals surface area contributed by atoms with Crippen molar-refractivity contribution in [3.63, 3.8) is 0 Å². The number of benzene rings is 2. The minimum absolute atomic E-state index is 0.0816. The molecule has 0 atom stereocenters. The normalized spacial score (nSPS) is 14.2. The van der Waals surface area contributed by atoms with E-state index in [-0.39, 0.29) is 5.78 Å². The zero-order valence-electron chi connectivity index (χ0n) is 15.8. The highest BCUT2D eigenvalue weighted by molar-refractivity contribution is 6.16. The van der Waals surface area contributed by atoms with Crippen LogP contribution in [0.2, 0.25) is 0 Å². The quantitative estimate of drug-likeness (QED) is 0.503. The fourth-order valence-electron chi connectivity index (χ4n) is 4.00. The van der Waals surface area contributed by atoms with Gasteiger partial charge in [0.1, 0.15) is 0 Å². The third-order valence-corrected chi connectivity index (χ3v) is 5.47. The summed E-state index contributed by atoms with van der Waals surface area (Å²) in [6.07, 6.45) is 1.95. The molecule has 4 aromatic rings. The summed E-state index contributed by atoms with van der Waals surface area (Å²) < 4.78 is 7.41. The Morgan fingerprint density at radius 3 is 2.55 bits per heavy atom. The Kier molecular flexibility index (Phi) is 4.27. The molecule has 3 heterocycles. The lowest BCUT2D eigenvalue weighted by atomic mass is 9.97. The van der Waals surface area contributed by atoms with Crippen molar-refractivity contribution in [3.05, 3.63) is 83.6 Å². The van der Waals surface area contributed by atoms with Gasteiger partial charge >= 0.3 is 0 Å². The minimum atomic E-state index is -0.0816. The number of morpholine rings is 1. The highest BCUT2D eigenvalue weighted by atomic mass is 16.5. The van der Waals surface area contributed by atoms with Gasteiger partial charge in [-0.15, -0.1) is 0 Å². The van der Waals surface area contributed by atoms with Crippen LogP contribution < -0.4 is 4.90 Å². The molecular weight excluding hydrogens is 362 g/mol. The first-order chi connectivity index (χ1) is 14.2. The van der Waals surface area contributed by atoms with Crippen LogP contribution in [-0.2, 0) is 4.74 Å². The highest BCUT2D eigenvalue weighted by Gasteiger charge is 2.18. The zero-order valence-corrected chi connectivity index (χ0v) is 15.8. The van der Waals surface area contributed by atoms with Crippen LogP contribution in [0.3, 0.4) is 0 Å². The van der Waals surface area contributed by atoms with Crippen molar-refractivity contribution in [2.45, 2.75) is 0 Å². The maximum Gasteiger partial charge on any atom is 0.195 e. The molecule has 1 aliphatic heterocycles. The van der Waals surface area contributed by atoms with Gasteiger partial charge in [-0.25, -0.2) is 0 Å². The van der Waals surface area contributed by atoms with E-state index >= 15 is 0 Å². The van der Waals surface area contributed by atoms with Crippen molar-refractivity contribution in [1.82, 2.24) is 4.40 Å². The van der Waals surface area contributed by atoms with Gasteiger partial charge in [0.25, 0.3) is 0 Å². The second-order valence-corrected chi connectivity index (χ2v) is 7.19. The first-order valence-electron chi connectivity index (χ1n) is 9.66. The number of carbonyl (C=O) groups excluding carboxylic acids is 1. The van der Waals surface area contributed by atoms with E-state index in [1.165, 1.54) is 0 Å². The average Bonchev–Trinajstić information content (AvgIpc) is 3.27. The van der Waals surface area contributed by atoms with E-state index in [0.29, 0.717) is 16.7 Å². The number of carbonyl (C=O) groups is 1.